The van der Waals surface area contributed by atoms with E-state index in [2.05, 4.69) is 0 Å². The van der Waals surface area contributed by atoms with Crippen molar-refractivity contribution in [2.75, 3.05) is 6.61 Å². The molecule has 0 fully saturated rings. The predicted octanol–water partition coefficient (Wildman–Crippen LogP) is 3.93. The smallest absolute Gasteiger partial charge is 0.197 e. The number of hydrogen-bond acceptors (Lipinski definition) is 2. The van der Waals surface area contributed by atoms with E-state index in [1.165, 1.54) is 0 Å². The van der Waals surface area contributed by atoms with E-state index in [4.69, 9.17) is 4.74 Å². The summed E-state index contributed by atoms with van der Waals surface area (Å²) in [5, 5.41) is 0. The molecule has 0 spiro atoms. The highest BCUT2D eigenvalue weighted by Crippen LogP contribution is 2.24. The van der Waals surface area contributed by atoms with Gasteiger partial charge < -0.3 is 4.74 Å². The molecule has 0 aliphatic rings. The summed E-state index contributed by atoms with van der Waals surface area (Å²) in [7, 11) is 0. The molecule has 0 unspecified atom stereocenters. The maximum atomic E-state index is 12.7. The van der Waals surface area contributed by atoms with E-state index in [0.717, 1.165) is 16.7 Å². The minimum atomic E-state index is 0.0275. The maximum absolute atomic E-state index is 12.7. The van der Waals surface area contributed by atoms with Crippen LogP contribution < -0.4 is 4.74 Å². The number of ether oxygens (including phenoxy) is 1. The van der Waals surface area contributed by atoms with E-state index < -0.39 is 0 Å². The van der Waals surface area contributed by atoms with Crippen LogP contribution >= 0.6 is 0 Å². The Labute approximate surface area is 114 Å². The Morgan fingerprint density at radius 1 is 1.00 bits per heavy atom. The number of ketones is 1. The number of carbonyl (C=O) groups is 1. The van der Waals surface area contributed by atoms with Gasteiger partial charge in [0, 0.05) is 5.56 Å². The molecule has 0 bridgehead atoms. The van der Waals surface area contributed by atoms with Gasteiger partial charge in [0.2, 0.25) is 0 Å². The van der Waals surface area contributed by atoms with E-state index in [1.54, 1.807) is 0 Å². The van der Waals surface area contributed by atoms with Gasteiger partial charge in [-0.05, 0) is 44.0 Å². The van der Waals surface area contributed by atoms with Crippen molar-refractivity contribution in [3.8, 4) is 5.75 Å². The standard InChI is InChI=1S/C17H18O2/c1-4-19-15-11-6-5-10-14(15)17(18)16-12(2)8-7-9-13(16)3/h5-11H,4H2,1-3H3. The van der Waals surface area contributed by atoms with Crippen molar-refractivity contribution in [1.82, 2.24) is 0 Å². The Bertz CT molecular complexity index is 580. The minimum Gasteiger partial charge on any atom is -0.493 e. The molecule has 0 saturated carbocycles. The van der Waals surface area contributed by atoms with Gasteiger partial charge in [-0.25, -0.2) is 0 Å². The molecular weight excluding hydrogens is 236 g/mol. The van der Waals surface area contributed by atoms with Crippen molar-refractivity contribution >= 4 is 5.78 Å². The minimum absolute atomic E-state index is 0.0275. The van der Waals surface area contributed by atoms with Crippen molar-refractivity contribution in [2.45, 2.75) is 20.8 Å². The van der Waals surface area contributed by atoms with Crippen LogP contribution in [0.15, 0.2) is 42.5 Å². The summed E-state index contributed by atoms with van der Waals surface area (Å²) >= 11 is 0. The lowest BCUT2D eigenvalue weighted by Gasteiger charge is -2.12. The largest absolute Gasteiger partial charge is 0.493 e. The van der Waals surface area contributed by atoms with Gasteiger partial charge in [-0.1, -0.05) is 30.3 Å². The van der Waals surface area contributed by atoms with E-state index in [9.17, 15) is 4.79 Å². The molecule has 2 rings (SSSR count). The lowest BCUT2D eigenvalue weighted by Crippen LogP contribution is -2.08. The Hall–Kier alpha value is -2.09. The summed E-state index contributed by atoms with van der Waals surface area (Å²) in [5.41, 5.74) is 3.39. The van der Waals surface area contributed by atoms with E-state index in [-0.39, 0.29) is 5.78 Å². The fourth-order valence-corrected chi connectivity index (χ4v) is 2.24. The van der Waals surface area contributed by atoms with Crippen molar-refractivity contribution < 1.29 is 9.53 Å². The van der Waals surface area contributed by atoms with Crippen molar-refractivity contribution in [2.24, 2.45) is 0 Å². The number of hydrogen-bond donors (Lipinski definition) is 0. The van der Waals surface area contributed by atoms with Crippen LogP contribution in [0.5, 0.6) is 5.75 Å². The highest BCUT2D eigenvalue weighted by molar-refractivity contribution is 6.12. The molecule has 0 amide bonds. The molecule has 98 valence electrons. The Morgan fingerprint density at radius 2 is 1.63 bits per heavy atom. The van der Waals surface area contributed by atoms with Gasteiger partial charge in [-0.15, -0.1) is 0 Å². The molecule has 0 radical (unpaired) electrons. The lowest BCUT2D eigenvalue weighted by atomic mass is 9.94. The monoisotopic (exact) mass is 254 g/mol. The van der Waals surface area contributed by atoms with Gasteiger partial charge in [-0.2, -0.15) is 0 Å². The lowest BCUT2D eigenvalue weighted by molar-refractivity contribution is 0.103. The SMILES string of the molecule is CCOc1ccccc1C(=O)c1c(C)cccc1C. The summed E-state index contributed by atoms with van der Waals surface area (Å²) in [5.74, 6) is 0.678. The molecule has 19 heavy (non-hydrogen) atoms. The number of aryl methyl sites for hydroxylation is 2. The number of para-hydroxylation sites is 1. The van der Waals surface area contributed by atoms with Gasteiger partial charge in [0.15, 0.2) is 5.78 Å². The molecular formula is C17H18O2. The van der Waals surface area contributed by atoms with Crippen molar-refractivity contribution in [3.05, 3.63) is 64.7 Å². The van der Waals surface area contributed by atoms with Crippen LogP contribution in [0.25, 0.3) is 0 Å². The number of rotatable bonds is 4. The molecule has 2 aromatic rings. The molecule has 2 aromatic carbocycles. The van der Waals surface area contributed by atoms with Gasteiger partial charge >= 0.3 is 0 Å². The normalized spacial score (nSPS) is 10.3. The first-order valence-electron chi connectivity index (χ1n) is 6.48. The third-order valence-corrected chi connectivity index (χ3v) is 3.14. The molecule has 2 nitrogen and oxygen atoms in total. The van der Waals surface area contributed by atoms with Crippen LogP contribution in [0, 0.1) is 13.8 Å². The highest BCUT2D eigenvalue weighted by Gasteiger charge is 2.17. The Morgan fingerprint density at radius 3 is 2.26 bits per heavy atom. The second kappa shape index (κ2) is 5.70. The molecule has 0 saturated heterocycles. The zero-order valence-corrected chi connectivity index (χ0v) is 11.6. The van der Waals surface area contributed by atoms with Gasteiger partial charge in [0.1, 0.15) is 5.75 Å². The zero-order chi connectivity index (χ0) is 13.8. The molecule has 2 heteroatoms. The van der Waals surface area contributed by atoms with Gasteiger partial charge in [0.25, 0.3) is 0 Å². The number of carbonyl (C=O) groups excluding carboxylic acids is 1. The van der Waals surface area contributed by atoms with Crippen LogP contribution in [0.2, 0.25) is 0 Å². The molecule has 0 aromatic heterocycles. The topological polar surface area (TPSA) is 26.3 Å². The average Bonchev–Trinajstić information content (AvgIpc) is 2.39. The highest BCUT2D eigenvalue weighted by atomic mass is 16.5. The molecule has 0 heterocycles. The third kappa shape index (κ3) is 2.68. The summed E-state index contributed by atoms with van der Waals surface area (Å²) in [6, 6.07) is 13.3. The van der Waals surface area contributed by atoms with Gasteiger partial charge in [-0.3, -0.25) is 4.79 Å². The quantitative estimate of drug-likeness (QED) is 0.773. The van der Waals surface area contributed by atoms with Crippen LogP contribution in [-0.2, 0) is 0 Å². The average molecular weight is 254 g/mol. The fraction of sp³-hybridized carbons (Fsp3) is 0.235. The summed E-state index contributed by atoms with van der Waals surface area (Å²) in [6.07, 6.45) is 0. The molecule has 0 aliphatic heterocycles. The first kappa shape index (κ1) is 13.3. The van der Waals surface area contributed by atoms with E-state index in [1.807, 2.05) is 63.2 Å². The first-order valence-corrected chi connectivity index (χ1v) is 6.48. The Kier molecular flexibility index (Phi) is 4.00. The van der Waals surface area contributed by atoms with E-state index >= 15 is 0 Å². The number of benzene rings is 2. The molecule has 0 aliphatic carbocycles. The van der Waals surface area contributed by atoms with Crippen LogP contribution in [0.1, 0.15) is 34.0 Å². The summed E-state index contributed by atoms with van der Waals surface area (Å²) in [4.78, 5) is 12.7. The zero-order valence-electron chi connectivity index (χ0n) is 11.6. The third-order valence-electron chi connectivity index (χ3n) is 3.14. The maximum Gasteiger partial charge on any atom is 0.197 e. The van der Waals surface area contributed by atoms with Crippen LogP contribution in [0.4, 0.5) is 0 Å². The second-order valence-electron chi connectivity index (χ2n) is 4.53. The molecule has 0 N–H and O–H groups in total. The second-order valence-corrected chi connectivity index (χ2v) is 4.53. The molecule has 0 atom stereocenters. The summed E-state index contributed by atoms with van der Waals surface area (Å²) < 4.78 is 5.54. The van der Waals surface area contributed by atoms with E-state index in [0.29, 0.717) is 17.9 Å². The first-order chi connectivity index (χ1) is 9.15. The summed E-state index contributed by atoms with van der Waals surface area (Å²) in [6.45, 7) is 6.39. The predicted molar refractivity (Wildman–Crippen MR) is 77.0 cm³/mol. The van der Waals surface area contributed by atoms with Crippen molar-refractivity contribution in [1.29, 1.82) is 0 Å². The van der Waals surface area contributed by atoms with Crippen LogP contribution in [0.3, 0.4) is 0 Å². The van der Waals surface area contributed by atoms with Gasteiger partial charge in [0.05, 0.1) is 12.2 Å². The fourth-order valence-electron chi connectivity index (χ4n) is 2.24. The van der Waals surface area contributed by atoms with Crippen LogP contribution in [-0.4, -0.2) is 12.4 Å². The van der Waals surface area contributed by atoms with Crippen molar-refractivity contribution in [3.63, 3.8) is 0 Å². The Balaban J connectivity index is 2.50.